The van der Waals surface area contributed by atoms with Gasteiger partial charge in [-0.2, -0.15) is 0 Å². The van der Waals surface area contributed by atoms with Gasteiger partial charge < -0.3 is 5.32 Å². The maximum atomic E-state index is 13.8. The lowest BCUT2D eigenvalue weighted by atomic mass is 9.91. The van der Waals surface area contributed by atoms with Crippen molar-refractivity contribution in [3.63, 3.8) is 0 Å². The Balaban J connectivity index is 1.45. The molecule has 5 nitrogen and oxygen atoms in total. The van der Waals surface area contributed by atoms with Gasteiger partial charge in [-0.15, -0.1) is 10.2 Å². The van der Waals surface area contributed by atoms with E-state index in [1.165, 1.54) is 12.1 Å². The van der Waals surface area contributed by atoms with E-state index in [4.69, 9.17) is 0 Å². The Hall–Kier alpha value is -3.65. The number of halogens is 2. The molecule has 2 N–H and O–H groups in total. The third kappa shape index (κ3) is 4.92. The average Bonchev–Trinajstić information content (AvgIpc) is 3.24. The summed E-state index contributed by atoms with van der Waals surface area (Å²) < 4.78 is 27.2. The Morgan fingerprint density at radius 3 is 2.10 bits per heavy atom. The van der Waals surface area contributed by atoms with Crippen molar-refractivity contribution in [2.24, 2.45) is 0 Å². The molecule has 0 spiro atoms. The van der Waals surface area contributed by atoms with Crippen LogP contribution in [0.4, 0.5) is 19.0 Å². The molecule has 4 rings (SSSR count). The maximum absolute atomic E-state index is 13.8. The summed E-state index contributed by atoms with van der Waals surface area (Å²) >= 11 is 1.12. The number of benzene rings is 3. The lowest BCUT2D eigenvalue weighted by Gasteiger charge is -2.18. The van der Waals surface area contributed by atoms with Gasteiger partial charge in [-0.05, 0) is 23.3 Å². The van der Waals surface area contributed by atoms with Crippen LogP contribution in [0.2, 0.25) is 0 Å². The third-order valence-electron chi connectivity index (χ3n) is 4.70. The summed E-state index contributed by atoms with van der Waals surface area (Å²) in [6.07, 6.45) is 0. The van der Waals surface area contributed by atoms with E-state index in [9.17, 15) is 13.6 Å². The zero-order valence-corrected chi connectivity index (χ0v) is 17.1. The van der Waals surface area contributed by atoms with Crippen LogP contribution in [0.25, 0.3) is 0 Å². The minimum Gasteiger partial charge on any atom is -0.359 e. The summed E-state index contributed by atoms with van der Waals surface area (Å²) in [5, 5.41) is 14.4. The first-order chi connectivity index (χ1) is 15.1. The van der Waals surface area contributed by atoms with Crippen LogP contribution < -0.4 is 10.6 Å². The number of aromatic nitrogens is 2. The lowest BCUT2D eigenvalue weighted by Crippen LogP contribution is -2.14. The molecule has 0 unspecified atom stereocenters. The molecule has 0 aliphatic heterocycles. The van der Waals surface area contributed by atoms with E-state index in [1.807, 2.05) is 36.4 Å². The summed E-state index contributed by atoms with van der Waals surface area (Å²) in [6, 6.07) is 23.6. The van der Waals surface area contributed by atoms with Crippen LogP contribution in [0.3, 0.4) is 0 Å². The van der Waals surface area contributed by atoms with Gasteiger partial charge in [0.1, 0.15) is 0 Å². The highest BCUT2D eigenvalue weighted by Crippen LogP contribution is 2.27. The standard InChI is InChI=1S/C23H18F2N4OS/c24-19-13-7-12-17(20(19)25)21(30)27-23-29-28-22(31-23)26-14-18(15-8-3-1-4-9-15)16-10-5-2-6-11-16/h1-13,18H,14H2,(H,26,28)(H,27,29,30). The smallest absolute Gasteiger partial charge is 0.260 e. The molecule has 0 fully saturated rings. The summed E-state index contributed by atoms with van der Waals surface area (Å²) in [7, 11) is 0. The molecule has 0 atom stereocenters. The Morgan fingerprint density at radius 1 is 0.839 bits per heavy atom. The Kier molecular flexibility index (Phi) is 6.28. The lowest BCUT2D eigenvalue weighted by molar-refractivity contribution is 0.102. The zero-order valence-electron chi connectivity index (χ0n) is 16.3. The first-order valence-electron chi connectivity index (χ1n) is 9.54. The summed E-state index contributed by atoms with van der Waals surface area (Å²) in [4.78, 5) is 12.2. The molecular formula is C23H18F2N4OS. The highest BCUT2D eigenvalue weighted by atomic mass is 32.1. The largest absolute Gasteiger partial charge is 0.359 e. The van der Waals surface area contributed by atoms with Gasteiger partial charge in [0, 0.05) is 12.5 Å². The molecule has 0 aliphatic carbocycles. The fourth-order valence-corrected chi connectivity index (χ4v) is 3.82. The topological polar surface area (TPSA) is 66.9 Å². The number of carbonyl (C=O) groups is 1. The summed E-state index contributed by atoms with van der Waals surface area (Å²) in [5.41, 5.74) is 1.92. The molecule has 3 aromatic carbocycles. The molecule has 156 valence electrons. The molecule has 1 amide bonds. The number of nitrogens with zero attached hydrogens (tertiary/aromatic N) is 2. The number of rotatable bonds is 7. The number of anilines is 2. The van der Waals surface area contributed by atoms with Gasteiger partial charge in [-0.3, -0.25) is 10.1 Å². The number of nitrogens with one attached hydrogen (secondary N) is 2. The first-order valence-corrected chi connectivity index (χ1v) is 10.4. The summed E-state index contributed by atoms with van der Waals surface area (Å²) in [6.45, 7) is 0.565. The van der Waals surface area contributed by atoms with Crippen molar-refractivity contribution in [2.45, 2.75) is 5.92 Å². The van der Waals surface area contributed by atoms with Crippen molar-refractivity contribution in [2.75, 3.05) is 17.2 Å². The number of hydrogen-bond acceptors (Lipinski definition) is 5. The Bertz CT molecular complexity index is 1130. The predicted octanol–water partition coefficient (Wildman–Crippen LogP) is 5.31. The van der Waals surface area contributed by atoms with Crippen LogP contribution in [-0.2, 0) is 0 Å². The number of amides is 1. The number of hydrogen-bond donors (Lipinski definition) is 2. The van der Waals surface area contributed by atoms with E-state index >= 15 is 0 Å². The van der Waals surface area contributed by atoms with Crippen LogP contribution >= 0.6 is 11.3 Å². The predicted molar refractivity (Wildman–Crippen MR) is 117 cm³/mol. The van der Waals surface area contributed by atoms with Gasteiger partial charge in [0.2, 0.25) is 10.3 Å². The molecule has 0 bridgehead atoms. The zero-order chi connectivity index (χ0) is 21.6. The molecule has 0 saturated carbocycles. The minimum atomic E-state index is -1.20. The molecule has 4 aromatic rings. The molecule has 0 radical (unpaired) electrons. The normalized spacial score (nSPS) is 10.8. The fourth-order valence-electron chi connectivity index (χ4n) is 3.18. The van der Waals surface area contributed by atoms with E-state index in [2.05, 4.69) is 45.1 Å². The van der Waals surface area contributed by atoms with E-state index < -0.39 is 23.1 Å². The summed E-state index contributed by atoms with van der Waals surface area (Å²) in [5.74, 6) is -2.98. The molecule has 1 aromatic heterocycles. The van der Waals surface area contributed by atoms with Crippen LogP contribution in [0.15, 0.2) is 78.9 Å². The molecule has 0 saturated heterocycles. The second-order valence-electron chi connectivity index (χ2n) is 6.72. The van der Waals surface area contributed by atoms with E-state index in [0.717, 1.165) is 28.5 Å². The van der Waals surface area contributed by atoms with Crippen LogP contribution in [0.5, 0.6) is 0 Å². The van der Waals surface area contributed by atoms with Gasteiger partial charge in [0.15, 0.2) is 11.6 Å². The molecule has 0 aliphatic rings. The van der Waals surface area contributed by atoms with Gasteiger partial charge in [-0.25, -0.2) is 8.78 Å². The van der Waals surface area contributed by atoms with Crippen molar-refractivity contribution in [3.8, 4) is 0 Å². The van der Waals surface area contributed by atoms with Crippen LogP contribution in [0, 0.1) is 11.6 Å². The Labute approximate surface area is 181 Å². The van der Waals surface area contributed by atoms with Gasteiger partial charge >= 0.3 is 0 Å². The van der Waals surface area contributed by atoms with E-state index in [-0.39, 0.29) is 11.0 Å². The third-order valence-corrected chi connectivity index (χ3v) is 5.50. The van der Waals surface area contributed by atoms with E-state index in [0.29, 0.717) is 11.7 Å². The maximum Gasteiger partial charge on any atom is 0.260 e. The van der Waals surface area contributed by atoms with Gasteiger partial charge in [-0.1, -0.05) is 78.1 Å². The van der Waals surface area contributed by atoms with Crippen molar-refractivity contribution >= 4 is 27.5 Å². The quantitative estimate of drug-likeness (QED) is 0.412. The monoisotopic (exact) mass is 436 g/mol. The average molecular weight is 436 g/mol. The molecule has 1 heterocycles. The minimum absolute atomic E-state index is 0.0886. The van der Waals surface area contributed by atoms with Crippen molar-refractivity contribution in [1.29, 1.82) is 0 Å². The van der Waals surface area contributed by atoms with Crippen molar-refractivity contribution in [1.82, 2.24) is 10.2 Å². The highest BCUT2D eigenvalue weighted by molar-refractivity contribution is 7.19. The first kappa shape index (κ1) is 20.6. The highest BCUT2D eigenvalue weighted by Gasteiger charge is 2.18. The van der Waals surface area contributed by atoms with E-state index in [1.54, 1.807) is 0 Å². The fraction of sp³-hybridized carbons (Fsp3) is 0.0870. The molecule has 8 heteroatoms. The van der Waals surface area contributed by atoms with Crippen LogP contribution in [0.1, 0.15) is 27.4 Å². The second kappa shape index (κ2) is 9.44. The second-order valence-corrected chi connectivity index (χ2v) is 7.70. The molecule has 31 heavy (non-hydrogen) atoms. The molecular weight excluding hydrogens is 418 g/mol. The van der Waals surface area contributed by atoms with Gasteiger partial charge in [0.25, 0.3) is 5.91 Å². The van der Waals surface area contributed by atoms with Crippen molar-refractivity contribution in [3.05, 3.63) is 107 Å². The van der Waals surface area contributed by atoms with Gasteiger partial charge in [0.05, 0.1) is 5.56 Å². The SMILES string of the molecule is O=C(Nc1nnc(NCC(c2ccccc2)c2ccccc2)s1)c1cccc(F)c1F. The van der Waals surface area contributed by atoms with Crippen molar-refractivity contribution < 1.29 is 13.6 Å². The van der Waals surface area contributed by atoms with Crippen LogP contribution in [-0.4, -0.2) is 22.6 Å². The Morgan fingerprint density at radius 2 is 1.45 bits per heavy atom. The number of carbonyl (C=O) groups excluding carboxylic acids is 1.